The van der Waals surface area contributed by atoms with E-state index in [1.807, 2.05) is 0 Å². The summed E-state index contributed by atoms with van der Waals surface area (Å²) in [5.41, 5.74) is 1.16. The van der Waals surface area contributed by atoms with Gasteiger partial charge in [-0.2, -0.15) is 0 Å². The molecule has 0 spiro atoms. The van der Waals surface area contributed by atoms with Crippen LogP contribution in [0.5, 0.6) is 0 Å². The molecule has 2 rings (SSSR count). The molecule has 0 aliphatic carbocycles. The summed E-state index contributed by atoms with van der Waals surface area (Å²) in [6.07, 6.45) is 1.45. The van der Waals surface area contributed by atoms with Crippen LogP contribution < -0.4 is 5.32 Å². The summed E-state index contributed by atoms with van der Waals surface area (Å²) >= 11 is 0. The SMILES string of the molecule is COCCNCc1coc(-c2cc(C)c(F)cc2F)n1. The quantitative estimate of drug-likeness (QED) is 0.827. The van der Waals surface area contributed by atoms with Crippen molar-refractivity contribution >= 4 is 0 Å². The normalized spacial score (nSPS) is 11.0. The van der Waals surface area contributed by atoms with Crippen molar-refractivity contribution in [2.45, 2.75) is 13.5 Å². The van der Waals surface area contributed by atoms with Gasteiger partial charge >= 0.3 is 0 Å². The first-order chi connectivity index (χ1) is 9.61. The summed E-state index contributed by atoms with van der Waals surface area (Å²) in [4.78, 5) is 4.18. The zero-order chi connectivity index (χ0) is 14.5. The van der Waals surface area contributed by atoms with E-state index in [0.29, 0.717) is 31.0 Å². The van der Waals surface area contributed by atoms with Gasteiger partial charge in [0.05, 0.1) is 17.9 Å². The molecule has 0 saturated heterocycles. The predicted octanol–water partition coefficient (Wildman–Crippen LogP) is 2.66. The van der Waals surface area contributed by atoms with Crippen molar-refractivity contribution < 1.29 is 17.9 Å². The number of nitrogens with one attached hydrogen (secondary N) is 1. The Bertz CT molecular complexity index is 585. The minimum Gasteiger partial charge on any atom is -0.444 e. The molecule has 4 nitrogen and oxygen atoms in total. The third-order valence-electron chi connectivity index (χ3n) is 2.82. The highest BCUT2D eigenvalue weighted by molar-refractivity contribution is 5.55. The highest BCUT2D eigenvalue weighted by atomic mass is 19.1. The van der Waals surface area contributed by atoms with Crippen LogP contribution in [0.2, 0.25) is 0 Å². The number of aromatic nitrogens is 1. The molecule has 1 N–H and O–H groups in total. The average Bonchev–Trinajstić information content (AvgIpc) is 2.87. The van der Waals surface area contributed by atoms with Gasteiger partial charge < -0.3 is 14.5 Å². The number of nitrogens with zero attached hydrogens (tertiary/aromatic N) is 1. The number of rotatable bonds is 6. The number of aryl methyl sites for hydroxylation is 1. The molecule has 0 unspecified atom stereocenters. The van der Waals surface area contributed by atoms with E-state index in [1.54, 1.807) is 14.0 Å². The van der Waals surface area contributed by atoms with Crippen molar-refractivity contribution in [3.05, 3.63) is 41.3 Å². The van der Waals surface area contributed by atoms with Gasteiger partial charge in [-0.1, -0.05) is 0 Å². The van der Waals surface area contributed by atoms with E-state index in [9.17, 15) is 8.78 Å². The van der Waals surface area contributed by atoms with Crippen molar-refractivity contribution in [2.75, 3.05) is 20.3 Å². The van der Waals surface area contributed by atoms with Crippen molar-refractivity contribution in [1.82, 2.24) is 10.3 Å². The zero-order valence-electron chi connectivity index (χ0n) is 11.4. The first-order valence-electron chi connectivity index (χ1n) is 6.22. The van der Waals surface area contributed by atoms with E-state index in [4.69, 9.17) is 9.15 Å². The van der Waals surface area contributed by atoms with E-state index in [2.05, 4.69) is 10.3 Å². The molecule has 20 heavy (non-hydrogen) atoms. The maximum atomic E-state index is 13.7. The lowest BCUT2D eigenvalue weighted by molar-refractivity contribution is 0.199. The Kier molecular flexibility index (Phi) is 4.81. The van der Waals surface area contributed by atoms with Gasteiger partial charge in [0.15, 0.2) is 0 Å². The van der Waals surface area contributed by atoms with Crippen molar-refractivity contribution in [1.29, 1.82) is 0 Å². The van der Waals surface area contributed by atoms with E-state index in [0.717, 1.165) is 6.07 Å². The fraction of sp³-hybridized carbons (Fsp3) is 0.357. The summed E-state index contributed by atoms with van der Waals surface area (Å²) in [5, 5.41) is 3.10. The lowest BCUT2D eigenvalue weighted by atomic mass is 10.1. The Morgan fingerprint density at radius 3 is 2.85 bits per heavy atom. The second-order valence-electron chi connectivity index (χ2n) is 4.39. The van der Waals surface area contributed by atoms with Crippen molar-refractivity contribution in [3.63, 3.8) is 0 Å². The summed E-state index contributed by atoms with van der Waals surface area (Å²) in [5.74, 6) is -1.12. The van der Waals surface area contributed by atoms with Crippen LogP contribution in [0, 0.1) is 18.6 Å². The van der Waals surface area contributed by atoms with Crippen LogP contribution >= 0.6 is 0 Å². The highest BCUT2D eigenvalue weighted by Crippen LogP contribution is 2.24. The largest absolute Gasteiger partial charge is 0.444 e. The van der Waals surface area contributed by atoms with Gasteiger partial charge in [-0.15, -0.1) is 0 Å². The lowest BCUT2D eigenvalue weighted by Gasteiger charge is -2.02. The van der Waals surface area contributed by atoms with E-state index in [-0.39, 0.29) is 11.5 Å². The third-order valence-corrected chi connectivity index (χ3v) is 2.82. The molecule has 1 aromatic carbocycles. The van der Waals surface area contributed by atoms with E-state index in [1.165, 1.54) is 12.3 Å². The molecule has 0 aliphatic heterocycles. The molecule has 1 heterocycles. The van der Waals surface area contributed by atoms with Gasteiger partial charge in [-0.25, -0.2) is 13.8 Å². The van der Waals surface area contributed by atoms with Crippen LogP contribution in [-0.2, 0) is 11.3 Å². The second-order valence-corrected chi connectivity index (χ2v) is 4.39. The summed E-state index contributed by atoms with van der Waals surface area (Å²) in [7, 11) is 1.62. The standard InChI is InChI=1S/C14H16F2N2O2/c1-9-5-11(13(16)6-12(9)15)14-18-10(8-20-14)7-17-3-4-19-2/h5-6,8,17H,3-4,7H2,1-2H3. The Labute approximate surface area is 115 Å². The van der Waals surface area contributed by atoms with Crippen LogP contribution in [0.3, 0.4) is 0 Å². The van der Waals surface area contributed by atoms with E-state index < -0.39 is 11.6 Å². The number of benzene rings is 1. The molecular formula is C14H16F2N2O2. The number of hydrogen-bond donors (Lipinski definition) is 1. The first kappa shape index (κ1) is 14.6. The Balaban J connectivity index is 2.10. The number of methoxy groups -OCH3 is 1. The lowest BCUT2D eigenvalue weighted by Crippen LogP contribution is -2.18. The second kappa shape index (κ2) is 6.58. The first-order valence-corrected chi connectivity index (χ1v) is 6.22. The van der Waals surface area contributed by atoms with Crippen LogP contribution in [0.25, 0.3) is 11.5 Å². The summed E-state index contributed by atoms with van der Waals surface area (Å²) < 4.78 is 37.1. The zero-order valence-corrected chi connectivity index (χ0v) is 11.4. The predicted molar refractivity (Wildman–Crippen MR) is 70.2 cm³/mol. The van der Waals surface area contributed by atoms with Crippen LogP contribution in [0.4, 0.5) is 8.78 Å². The monoisotopic (exact) mass is 282 g/mol. The molecule has 6 heteroatoms. The number of ether oxygens (including phenoxy) is 1. The minimum absolute atomic E-state index is 0.147. The van der Waals surface area contributed by atoms with Crippen LogP contribution in [0.15, 0.2) is 22.8 Å². The molecule has 0 aliphatic rings. The van der Waals surface area contributed by atoms with Gasteiger partial charge in [-0.05, 0) is 18.6 Å². The smallest absolute Gasteiger partial charge is 0.229 e. The average molecular weight is 282 g/mol. The maximum Gasteiger partial charge on any atom is 0.229 e. The Hall–Kier alpha value is -1.79. The fourth-order valence-electron chi connectivity index (χ4n) is 1.72. The highest BCUT2D eigenvalue weighted by Gasteiger charge is 2.14. The molecule has 0 saturated carbocycles. The molecule has 1 aromatic heterocycles. The number of oxazole rings is 1. The summed E-state index contributed by atoms with van der Waals surface area (Å²) in [6.45, 7) is 3.34. The summed E-state index contributed by atoms with van der Waals surface area (Å²) in [6, 6.07) is 2.23. The van der Waals surface area contributed by atoms with Gasteiger partial charge in [-0.3, -0.25) is 0 Å². The number of halogens is 2. The Morgan fingerprint density at radius 1 is 1.30 bits per heavy atom. The molecular weight excluding hydrogens is 266 g/mol. The van der Waals surface area contributed by atoms with Gasteiger partial charge in [0, 0.05) is 26.3 Å². The fourth-order valence-corrected chi connectivity index (χ4v) is 1.72. The minimum atomic E-state index is -0.686. The van der Waals surface area contributed by atoms with Gasteiger partial charge in [0.2, 0.25) is 5.89 Å². The van der Waals surface area contributed by atoms with Gasteiger partial charge in [0.1, 0.15) is 17.9 Å². The van der Waals surface area contributed by atoms with Crippen LogP contribution in [0.1, 0.15) is 11.3 Å². The van der Waals surface area contributed by atoms with E-state index >= 15 is 0 Å². The Morgan fingerprint density at radius 2 is 2.10 bits per heavy atom. The maximum absolute atomic E-state index is 13.7. The van der Waals surface area contributed by atoms with Crippen molar-refractivity contribution in [2.24, 2.45) is 0 Å². The van der Waals surface area contributed by atoms with Crippen LogP contribution in [-0.4, -0.2) is 25.2 Å². The van der Waals surface area contributed by atoms with Gasteiger partial charge in [0.25, 0.3) is 0 Å². The molecule has 0 amide bonds. The molecule has 0 bridgehead atoms. The topological polar surface area (TPSA) is 47.3 Å². The molecule has 0 atom stereocenters. The van der Waals surface area contributed by atoms with Crippen molar-refractivity contribution in [3.8, 4) is 11.5 Å². The molecule has 0 fully saturated rings. The third kappa shape index (κ3) is 3.40. The number of hydrogen-bond acceptors (Lipinski definition) is 4. The molecule has 108 valence electrons. The molecule has 0 radical (unpaired) electrons. The molecule has 2 aromatic rings.